The molecular weight excluding hydrogens is 318 g/mol. The number of nitrogens with one attached hydrogen (secondary N) is 1. The van der Waals surface area contributed by atoms with E-state index < -0.39 is 10.0 Å². The molecule has 0 unspecified atom stereocenters. The minimum absolute atomic E-state index is 0.0774. The molecule has 0 aliphatic carbocycles. The van der Waals surface area contributed by atoms with Crippen LogP contribution in [0.25, 0.3) is 10.8 Å². The lowest BCUT2D eigenvalue weighted by Crippen LogP contribution is -2.11. The van der Waals surface area contributed by atoms with Crippen LogP contribution in [0.4, 0.5) is 5.69 Å². The number of sulfonamides is 1. The Hall–Kier alpha value is -1.70. The quantitative estimate of drug-likeness (QED) is 0.803. The fourth-order valence-corrected chi connectivity index (χ4v) is 4.14. The SMILES string of the molecule is O=S(=O)(Nc1cccc2cnccc12)c1cnc(Cl)s1. The van der Waals surface area contributed by atoms with Crippen molar-refractivity contribution in [2.75, 3.05) is 4.72 Å². The maximum atomic E-state index is 12.2. The van der Waals surface area contributed by atoms with E-state index in [1.54, 1.807) is 30.6 Å². The summed E-state index contributed by atoms with van der Waals surface area (Å²) in [6.45, 7) is 0. The van der Waals surface area contributed by atoms with Crippen molar-refractivity contribution in [1.29, 1.82) is 0 Å². The zero-order valence-corrected chi connectivity index (χ0v) is 12.3. The first kappa shape index (κ1) is 13.3. The van der Waals surface area contributed by atoms with E-state index in [1.165, 1.54) is 6.20 Å². The molecule has 0 amide bonds. The lowest BCUT2D eigenvalue weighted by Gasteiger charge is -2.08. The van der Waals surface area contributed by atoms with Gasteiger partial charge >= 0.3 is 0 Å². The molecule has 0 saturated carbocycles. The first-order chi connectivity index (χ1) is 9.56. The van der Waals surface area contributed by atoms with Gasteiger partial charge in [0.15, 0.2) is 8.68 Å². The van der Waals surface area contributed by atoms with Crippen molar-refractivity contribution >= 4 is 49.4 Å². The Morgan fingerprint density at radius 1 is 1.20 bits per heavy atom. The number of nitrogens with zero attached hydrogens (tertiary/aromatic N) is 2. The van der Waals surface area contributed by atoms with Gasteiger partial charge in [-0.05, 0) is 12.1 Å². The smallest absolute Gasteiger partial charge is 0.273 e. The van der Waals surface area contributed by atoms with Crippen LogP contribution in [0, 0.1) is 0 Å². The molecule has 5 nitrogen and oxygen atoms in total. The van der Waals surface area contributed by atoms with Crippen molar-refractivity contribution in [3.63, 3.8) is 0 Å². The Morgan fingerprint density at radius 2 is 2.05 bits per heavy atom. The van der Waals surface area contributed by atoms with Crippen molar-refractivity contribution in [3.05, 3.63) is 47.3 Å². The molecule has 1 N–H and O–H groups in total. The highest BCUT2D eigenvalue weighted by atomic mass is 35.5. The first-order valence-electron chi connectivity index (χ1n) is 5.53. The first-order valence-corrected chi connectivity index (χ1v) is 8.21. The molecule has 3 rings (SSSR count). The van der Waals surface area contributed by atoms with E-state index >= 15 is 0 Å². The normalized spacial score (nSPS) is 11.7. The van der Waals surface area contributed by atoms with Crippen molar-refractivity contribution in [2.24, 2.45) is 0 Å². The maximum Gasteiger partial charge on any atom is 0.273 e. The molecule has 0 aliphatic rings. The van der Waals surface area contributed by atoms with Gasteiger partial charge in [-0.3, -0.25) is 9.71 Å². The average Bonchev–Trinajstić information content (AvgIpc) is 2.86. The van der Waals surface area contributed by atoms with Gasteiger partial charge in [-0.25, -0.2) is 13.4 Å². The summed E-state index contributed by atoms with van der Waals surface area (Å²) in [5, 5.41) is 1.64. The molecule has 2 aromatic heterocycles. The molecule has 102 valence electrons. The molecule has 0 atom stereocenters. The van der Waals surface area contributed by atoms with E-state index in [0.29, 0.717) is 5.69 Å². The summed E-state index contributed by atoms with van der Waals surface area (Å²) in [5.74, 6) is 0. The van der Waals surface area contributed by atoms with E-state index in [1.807, 2.05) is 6.07 Å². The second-order valence-electron chi connectivity index (χ2n) is 3.94. The maximum absolute atomic E-state index is 12.2. The van der Waals surface area contributed by atoms with Gasteiger partial charge in [0.1, 0.15) is 0 Å². The Bertz CT molecular complexity index is 872. The molecule has 0 radical (unpaired) electrons. The minimum atomic E-state index is -3.68. The molecule has 8 heteroatoms. The standard InChI is InChI=1S/C12H8ClN3O2S2/c13-12-15-7-11(19-12)20(17,18)16-10-3-1-2-8-6-14-5-4-9(8)10/h1-7,16H. The van der Waals surface area contributed by atoms with Gasteiger partial charge < -0.3 is 0 Å². The molecule has 2 heterocycles. The van der Waals surface area contributed by atoms with Crippen LogP contribution in [0.15, 0.2) is 47.1 Å². The van der Waals surface area contributed by atoms with E-state index in [9.17, 15) is 8.42 Å². The number of hydrogen-bond donors (Lipinski definition) is 1. The van der Waals surface area contributed by atoms with Gasteiger partial charge in [-0.15, -0.1) is 0 Å². The largest absolute Gasteiger partial charge is 0.278 e. The van der Waals surface area contributed by atoms with Crippen LogP contribution in [0.1, 0.15) is 0 Å². The number of thiazole rings is 1. The summed E-state index contributed by atoms with van der Waals surface area (Å²) in [4.78, 5) is 7.75. The number of benzene rings is 1. The zero-order chi connectivity index (χ0) is 14.2. The molecule has 0 aliphatic heterocycles. The summed E-state index contributed by atoms with van der Waals surface area (Å²) in [6.07, 6.45) is 4.53. The molecule has 0 saturated heterocycles. The Kier molecular flexibility index (Phi) is 3.33. The fraction of sp³-hybridized carbons (Fsp3) is 0. The van der Waals surface area contributed by atoms with E-state index in [0.717, 1.165) is 22.1 Å². The predicted octanol–water partition coefficient (Wildman–Crippen LogP) is 3.15. The number of anilines is 1. The highest BCUT2D eigenvalue weighted by Gasteiger charge is 2.18. The van der Waals surface area contributed by atoms with Crippen LogP contribution in [-0.2, 0) is 10.0 Å². The van der Waals surface area contributed by atoms with Crippen molar-refractivity contribution < 1.29 is 8.42 Å². The van der Waals surface area contributed by atoms with Crippen LogP contribution >= 0.6 is 22.9 Å². The van der Waals surface area contributed by atoms with Crippen LogP contribution in [-0.4, -0.2) is 18.4 Å². The predicted molar refractivity (Wildman–Crippen MR) is 79.7 cm³/mol. The number of pyridine rings is 1. The topological polar surface area (TPSA) is 72.0 Å². The van der Waals surface area contributed by atoms with Gasteiger partial charge in [-0.2, -0.15) is 0 Å². The lowest BCUT2D eigenvalue weighted by atomic mass is 10.1. The van der Waals surface area contributed by atoms with Crippen molar-refractivity contribution in [1.82, 2.24) is 9.97 Å². The molecule has 20 heavy (non-hydrogen) atoms. The summed E-state index contributed by atoms with van der Waals surface area (Å²) in [5.41, 5.74) is 0.495. The third-order valence-electron chi connectivity index (χ3n) is 2.65. The van der Waals surface area contributed by atoms with Gasteiger partial charge in [0, 0.05) is 23.2 Å². The van der Waals surface area contributed by atoms with Crippen LogP contribution < -0.4 is 4.72 Å². The zero-order valence-electron chi connectivity index (χ0n) is 9.95. The van der Waals surface area contributed by atoms with Crippen LogP contribution in [0.2, 0.25) is 4.47 Å². The number of hydrogen-bond acceptors (Lipinski definition) is 5. The van der Waals surface area contributed by atoms with Gasteiger partial charge in [0.25, 0.3) is 10.0 Å². The minimum Gasteiger partial charge on any atom is -0.278 e. The summed E-state index contributed by atoms with van der Waals surface area (Å²) >= 11 is 6.58. The van der Waals surface area contributed by atoms with Crippen molar-refractivity contribution in [2.45, 2.75) is 4.21 Å². The Balaban J connectivity index is 2.05. The molecule has 0 spiro atoms. The van der Waals surface area contributed by atoms with Gasteiger partial charge in [0.05, 0.1) is 11.9 Å². The van der Waals surface area contributed by atoms with Crippen molar-refractivity contribution in [3.8, 4) is 0 Å². The summed E-state index contributed by atoms with van der Waals surface area (Å²) < 4.78 is 27.3. The average molecular weight is 326 g/mol. The van der Waals surface area contributed by atoms with Crippen LogP contribution in [0.3, 0.4) is 0 Å². The molecule has 0 bridgehead atoms. The second-order valence-corrected chi connectivity index (χ2v) is 7.46. The molecule has 1 aromatic carbocycles. The number of halogens is 1. The van der Waals surface area contributed by atoms with E-state index in [-0.39, 0.29) is 8.68 Å². The van der Waals surface area contributed by atoms with Crippen LogP contribution in [0.5, 0.6) is 0 Å². The number of rotatable bonds is 3. The third kappa shape index (κ3) is 2.47. The third-order valence-corrected chi connectivity index (χ3v) is 5.59. The second kappa shape index (κ2) is 5.01. The van der Waals surface area contributed by atoms with E-state index in [2.05, 4.69) is 14.7 Å². The Morgan fingerprint density at radius 3 is 2.80 bits per heavy atom. The van der Waals surface area contributed by atoms with Gasteiger partial charge in [0.2, 0.25) is 0 Å². The number of fused-ring (bicyclic) bond motifs is 1. The summed E-state index contributed by atoms with van der Waals surface area (Å²) in [6, 6.07) is 7.08. The molecule has 0 fully saturated rings. The highest BCUT2D eigenvalue weighted by molar-refractivity contribution is 7.94. The molecular formula is C12H8ClN3O2S2. The Labute approximate surface area is 124 Å². The van der Waals surface area contributed by atoms with Gasteiger partial charge in [-0.1, -0.05) is 35.1 Å². The molecule has 3 aromatic rings. The summed E-state index contributed by atoms with van der Waals surface area (Å²) in [7, 11) is -3.68. The highest BCUT2D eigenvalue weighted by Crippen LogP contribution is 2.28. The van der Waals surface area contributed by atoms with E-state index in [4.69, 9.17) is 11.6 Å². The fourth-order valence-electron chi connectivity index (χ4n) is 1.77. The lowest BCUT2D eigenvalue weighted by molar-refractivity contribution is 0.603. The monoisotopic (exact) mass is 325 g/mol. The number of aromatic nitrogens is 2.